The number of thiazole rings is 1. The number of ether oxygens (including phenoxy) is 3. The number of nitrogens with two attached hydrogens (primary N) is 1. The van der Waals surface area contributed by atoms with E-state index in [0.717, 1.165) is 48.4 Å². The highest BCUT2D eigenvalue weighted by atomic mass is 32.1. The van der Waals surface area contributed by atoms with Crippen molar-refractivity contribution in [2.24, 2.45) is 11.7 Å². The van der Waals surface area contributed by atoms with Gasteiger partial charge in [0.25, 0.3) is 0 Å². The average Bonchev–Trinajstić information content (AvgIpc) is 3.72. The fraction of sp³-hybridized carbons (Fsp3) is 0.600. The van der Waals surface area contributed by atoms with E-state index in [1.807, 2.05) is 24.3 Å². The Labute approximate surface area is 250 Å². The van der Waals surface area contributed by atoms with Crippen molar-refractivity contribution < 1.29 is 28.6 Å². The summed E-state index contributed by atoms with van der Waals surface area (Å²) in [4.78, 5) is 48.5. The molecule has 11 nitrogen and oxygen atoms in total. The Kier molecular flexibility index (Phi) is 10.6. The highest BCUT2D eigenvalue weighted by Crippen LogP contribution is 2.30. The molecule has 3 N–H and O–H groups in total. The van der Waals surface area contributed by atoms with E-state index in [4.69, 9.17) is 19.9 Å². The Bertz CT molecular complexity index is 1210. The molecule has 42 heavy (non-hydrogen) atoms. The molecular formula is C30H41N5O6S. The quantitative estimate of drug-likeness (QED) is 0.394. The molecule has 0 saturated carbocycles. The van der Waals surface area contributed by atoms with Gasteiger partial charge in [-0.3, -0.25) is 14.5 Å². The van der Waals surface area contributed by atoms with Crippen LogP contribution < -0.4 is 11.1 Å². The van der Waals surface area contributed by atoms with Crippen LogP contribution in [0, 0.1) is 5.92 Å². The topological polar surface area (TPSA) is 136 Å². The number of aromatic nitrogens is 1. The van der Waals surface area contributed by atoms with Gasteiger partial charge in [0.05, 0.1) is 42.3 Å². The van der Waals surface area contributed by atoms with Crippen molar-refractivity contribution in [1.82, 2.24) is 20.1 Å². The van der Waals surface area contributed by atoms with Crippen LogP contribution in [0.2, 0.25) is 0 Å². The largest absolute Gasteiger partial charge is 0.461 e. The van der Waals surface area contributed by atoms with Gasteiger partial charge in [-0.05, 0) is 49.7 Å². The molecule has 2 aromatic rings. The monoisotopic (exact) mass is 599 g/mol. The van der Waals surface area contributed by atoms with E-state index in [0.29, 0.717) is 51.6 Å². The van der Waals surface area contributed by atoms with Crippen LogP contribution >= 0.6 is 11.3 Å². The molecule has 3 atom stereocenters. The summed E-state index contributed by atoms with van der Waals surface area (Å²) >= 11 is 1.38. The van der Waals surface area contributed by atoms with Gasteiger partial charge in [-0.15, -0.1) is 11.3 Å². The summed E-state index contributed by atoms with van der Waals surface area (Å²) in [6.07, 6.45) is 2.91. The van der Waals surface area contributed by atoms with Crippen LogP contribution in [0.5, 0.6) is 0 Å². The number of esters is 1. The molecule has 0 radical (unpaired) electrons. The second-order valence-corrected chi connectivity index (χ2v) is 11.9. The Hall–Kier alpha value is -2.90. The van der Waals surface area contributed by atoms with Gasteiger partial charge >= 0.3 is 5.97 Å². The van der Waals surface area contributed by atoms with Crippen LogP contribution in [0.3, 0.4) is 0 Å². The first kappa shape index (κ1) is 30.6. The van der Waals surface area contributed by atoms with Gasteiger partial charge in [-0.1, -0.05) is 24.3 Å². The van der Waals surface area contributed by atoms with Gasteiger partial charge < -0.3 is 30.2 Å². The second kappa shape index (κ2) is 14.5. The number of amides is 2. The number of nitrogens with one attached hydrogen (secondary N) is 1. The maximum atomic E-state index is 13.8. The first-order chi connectivity index (χ1) is 20.5. The van der Waals surface area contributed by atoms with Crippen LogP contribution in [0.4, 0.5) is 0 Å². The standard InChI is InChI=1S/C30H41N5O6S/c1-2-41-30(38)26-27(42-19-32-26)22-7-5-20(6-8-22)23(18-34-12-16-40-17-13-34)33-28(36)24-4-3-11-35(24)29(37)25(31)21-9-14-39-15-10-21/h5-8,19,21,23-25H,2-4,9-18,31H2,1H3,(H,33,36). The minimum Gasteiger partial charge on any atom is -0.461 e. The molecule has 5 rings (SSSR count). The van der Waals surface area contributed by atoms with Crippen LogP contribution in [-0.2, 0) is 23.8 Å². The first-order valence-electron chi connectivity index (χ1n) is 14.9. The molecule has 1 aromatic carbocycles. The Morgan fingerprint density at radius 3 is 2.50 bits per heavy atom. The number of carbonyl (C=O) groups is 3. The summed E-state index contributed by atoms with van der Waals surface area (Å²) in [7, 11) is 0. The zero-order valence-electron chi connectivity index (χ0n) is 24.2. The third-order valence-electron chi connectivity index (χ3n) is 8.37. The predicted octanol–water partition coefficient (Wildman–Crippen LogP) is 2.22. The van der Waals surface area contributed by atoms with Gasteiger partial charge in [0, 0.05) is 39.4 Å². The number of nitrogens with zero attached hydrogens (tertiary/aromatic N) is 3. The lowest BCUT2D eigenvalue weighted by molar-refractivity contribution is -0.141. The summed E-state index contributed by atoms with van der Waals surface area (Å²) in [5.74, 6) is -0.668. The first-order valence-corrected chi connectivity index (χ1v) is 15.8. The van der Waals surface area contributed by atoms with Gasteiger partial charge in [-0.25, -0.2) is 9.78 Å². The zero-order valence-corrected chi connectivity index (χ0v) is 25.0. The molecule has 2 amide bonds. The minimum atomic E-state index is -0.620. The van der Waals surface area contributed by atoms with E-state index in [2.05, 4.69) is 15.2 Å². The van der Waals surface area contributed by atoms with Crippen molar-refractivity contribution in [3.8, 4) is 10.4 Å². The number of morpholine rings is 1. The highest BCUT2D eigenvalue weighted by molar-refractivity contribution is 7.13. The molecular weight excluding hydrogens is 558 g/mol. The molecule has 3 fully saturated rings. The van der Waals surface area contributed by atoms with Gasteiger partial charge in [0.15, 0.2) is 5.69 Å². The summed E-state index contributed by atoms with van der Waals surface area (Å²) in [5, 5.41) is 3.27. The van der Waals surface area contributed by atoms with Crippen molar-refractivity contribution in [3.05, 3.63) is 41.0 Å². The minimum absolute atomic E-state index is 0.0750. The summed E-state index contributed by atoms with van der Waals surface area (Å²) in [6.45, 7) is 7.29. The molecule has 3 aliphatic rings. The molecule has 3 aliphatic heterocycles. The second-order valence-electron chi connectivity index (χ2n) is 11.0. The Balaban J connectivity index is 1.31. The number of carbonyl (C=O) groups excluding carboxylic acids is 3. The number of benzene rings is 1. The third-order valence-corrected chi connectivity index (χ3v) is 9.25. The fourth-order valence-electron chi connectivity index (χ4n) is 5.98. The number of hydrogen-bond acceptors (Lipinski definition) is 10. The smallest absolute Gasteiger partial charge is 0.358 e. The zero-order chi connectivity index (χ0) is 29.5. The van der Waals surface area contributed by atoms with Gasteiger partial charge in [0.1, 0.15) is 6.04 Å². The van der Waals surface area contributed by atoms with E-state index in [1.165, 1.54) is 11.3 Å². The average molecular weight is 600 g/mol. The summed E-state index contributed by atoms with van der Waals surface area (Å²) in [6, 6.07) is 6.40. The third kappa shape index (κ3) is 7.17. The van der Waals surface area contributed by atoms with Crippen LogP contribution in [0.1, 0.15) is 54.7 Å². The van der Waals surface area contributed by atoms with Crippen LogP contribution in [0.25, 0.3) is 10.4 Å². The molecule has 0 bridgehead atoms. The maximum absolute atomic E-state index is 13.8. The van der Waals surface area contributed by atoms with E-state index in [1.54, 1.807) is 17.3 Å². The molecule has 0 aliphatic carbocycles. The Morgan fingerprint density at radius 1 is 1.07 bits per heavy atom. The van der Waals surface area contributed by atoms with Crippen molar-refractivity contribution in [2.75, 3.05) is 59.2 Å². The molecule has 12 heteroatoms. The van der Waals surface area contributed by atoms with Crippen molar-refractivity contribution in [3.63, 3.8) is 0 Å². The fourth-order valence-corrected chi connectivity index (χ4v) is 6.76. The summed E-state index contributed by atoms with van der Waals surface area (Å²) < 4.78 is 16.1. The van der Waals surface area contributed by atoms with Crippen LogP contribution in [0.15, 0.2) is 29.8 Å². The molecule has 0 spiro atoms. The van der Waals surface area contributed by atoms with Crippen molar-refractivity contribution >= 4 is 29.1 Å². The molecule has 3 saturated heterocycles. The number of likely N-dealkylation sites (tertiary alicyclic amines) is 1. The van der Waals surface area contributed by atoms with Crippen LogP contribution in [-0.4, -0.2) is 104 Å². The molecule has 4 heterocycles. The van der Waals surface area contributed by atoms with Gasteiger partial charge in [-0.2, -0.15) is 0 Å². The molecule has 228 valence electrons. The van der Waals surface area contributed by atoms with E-state index < -0.39 is 18.1 Å². The summed E-state index contributed by atoms with van der Waals surface area (Å²) in [5.41, 5.74) is 10.2. The lowest BCUT2D eigenvalue weighted by atomic mass is 9.91. The van der Waals surface area contributed by atoms with Crippen molar-refractivity contribution in [1.29, 1.82) is 0 Å². The van der Waals surface area contributed by atoms with E-state index >= 15 is 0 Å². The molecule has 1 aromatic heterocycles. The highest BCUT2D eigenvalue weighted by Gasteiger charge is 2.39. The number of hydrogen-bond donors (Lipinski definition) is 2. The lowest BCUT2D eigenvalue weighted by Crippen LogP contribution is -2.54. The van der Waals surface area contributed by atoms with E-state index in [-0.39, 0.29) is 30.4 Å². The van der Waals surface area contributed by atoms with Gasteiger partial charge in [0.2, 0.25) is 11.8 Å². The van der Waals surface area contributed by atoms with E-state index in [9.17, 15) is 14.4 Å². The lowest BCUT2D eigenvalue weighted by Gasteiger charge is -2.34. The Morgan fingerprint density at radius 2 is 1.79 bits per heavy atom. The normalized spacial score (nSPS) is 21.6. The SMILES string of the molecule is CCOC(=O)c1ncsc1-c1ccc(C(CN2CCOCC2)NC(=O)C2CCCN2C(=O)C(N)C2CCOCC2)cc1. The predicted molar refractivity (Wildman–Crippen MR) is 158 cm³/mol. The van der Waals surface area contributed by atoms with Crippen molar-refractivity contribution in [2.45, 2.75) is 50.7 Å². The molecule has 3 unspecified atom stereocenters. The number of rotatable bonds is 10. The maximum Gasteiger partial charge on any atom is 0.358 e.